The number of amides is 1. The van der Waals surface area contributed by atoms with Crippen molar-refractivity contribution in [3.8, 4) is 11.3 Å². The molecule has 0 aromatic carbocycles. The predicted molar refractivity (Wildman–Crippen MR) is 104 cm³/mol. The molecule has 4 rings (SSSR count). The Bertz CT molecular complexity index is 1020. The van der Waals surface area contributed by atoms with Crippen LogP contribution in [0.5, 0.6) is 0 Å². The summed E-state index contributed by atoms with van der Waals surface area (Å²) in [5, 5.41) is 14.4. The number of aryl methyl sites for hydroxylation is 1. The number of rotatable bonds is 4. The third-order valence-corrected chi connectivity index (χ3v) is 5.12. The van der Waals surface area contributed by atoms with Crippen LogP contribution in [0.25, 0.3) is 11.3 Å². The lowest BCUT2D eigenvalue weighted by Crippen LogP contribution is -2.39. The van der Waals surface area contributed by atoms with Crippen molar-refractivity contribution in [2.45, 2.75) is 44.7 Å². The van der Waals surface area contributed by atoms with Crippen LogP contribution in [0.3, 0.4) is 0 Å². The summed E-state index contributed by atoms with van der Waals surface area (Å²) in [6.45, 7) is 1.86. The predicted octanol–water partition coefficient (Wildman–Crippen LogP) is 2.25. The van der Waals surface area contributed by atoms with Crippen LogP contribution in [0.4, 0.5) is 0 Å². The van der Waals surface area contributed by atoms with E-state index in [1.807, 2.05) is 19.1 Å². The largest absolute Gasteiger partial charge is 0.348 e. The lowest BCUT2D eigenvalue weighted by Gasteiger charge is -2.29. The van der Waals surface area contributed by atoms with Gasteiger partial charge in [0.05, 0.1) is 11.7 Å². The molecule has 28 heavy (non-hydrogen) atoms. The highest BCUT2D eigenvalue weighted by molar-refractivity contribution is 5.92. The smallest absolute Gasteiger partial charge is 0.271 e. The maximum atomic E-state index is 12.4. The molecule has 0 saturated heterocycles. The molecule has 8 heteroatoms. The molecule has 0 unspecified atom stereocenters. The molecular formula is C20H22N6O2. The Kier molecular flexibility index (Phi) is 5.01. The third-order valence-electron chi connectivity index (χ3n) is 5.12. The Labute approximate surface area is 162 Å². The van der Waals surface area contributed by atoms with Gasteiger partial charge in [0, 0.05) is 35.8 Å². The van der Waals surface area contributed by atoms with Gasteiger partial charge in [-0.05, 0) is 56.9 Å². The van der Waals surface area contributed by atoms with Crippen molar-refractivity contribution in [1.29, 1.82) is 0 Å². The number of hydrogen-bond acceptors (Lipinski definition) is 5. The average molecular weight is 378 g/mol. The lowest BCUT2D eigenvalue weighted by atomic mass is 9.91. The van der Waals surface area contributed by atoms with Crippen LogP contribution >= 0.6 is 0 Å². The Hall–Kier alpha value is -3.29. The van der Waals surface area contributed by atoms with Crippen molar-refractivity contribution < 1.29 is 4.79 Å². The van der Waals surface area contributed by atoms with E-state index in [-0.39, 0.29) is 23.6 Å². The Morgan fingerprint density at radius 2 is 1.89 bits per heavy atom. The van der Waals surface area contributed by atoms with Gasteiger partial charge in [-0.25, -0.2) is 4.68 Å². The van der Waals surface area contributed by atoms with E-state index >= 15 is 0 Å². The van der Waals surface area contributed by atoms with Crippen molar-refractivity contribution in [1.82, 2.24) is 30.3 Å². The van der Waals surface area contributed by atoms with Crippen LogP contribution < -0.4 is 10.9 Å². The zero-order chi connectivity index (χ0) is 19.5. The molecule has 1 amide bonds. The SMILES string of the molecule is Cc1cc(C(=O)NC2CCC(n3nc(-c4ccncc4)ccc3=O)CC2)n[nH]1. The van der Waals surface area contributed by atoms with Gasteiger partial charge in [-0.3, -0.25) is 19.7 Å². The highest BCUT2D eigenvalue weighted by Crippen LogP contribution is 2.27. The molecule has 1 saturated carbocycles. The van der Waals surface area contributed by atoms with Gasteiger partial charge in [-0.15, -0.1) is 0 Å². The average Bonchev–Trinajstić information content (AvgIpc) is 3.16. The molecular weight excluding hydrogens is 356 g/mol. The number of hydrogen-bond donors (Lipinski definition) is 2. The van der Waals surface area contributed by atoms with E-state index in [2.05, 4.69) is 25.6 Å². The van der Waals surface area contributed by atoms with Gasteiger partial charge < -0.3 is 5.32 Å². The van der Waals surface area contributed by atoms with E-state index in [0.29, 0.717) is 5.69 Å². The first-order valence-corrected chi connectivity index (χ1v) is 9.43. The molecule has 2 N–H and O–H groups in total. The second-order valence-corrected chi connectivity index (χ2v) is 7.15. The number of H-pyrrole nitrogens is 1. The lowest BCUT2D eigenvalue weighted by molar-refractivity contribution is 0.0916. The van der Waals surface area contributed by atoms with E-state index in [1.165, 1.54) is 0 Å². The first-order chi connectivity index (χ1) is 13.6. The molecule has 0 bridgehead atoms. The van der Waals surface area contributed by atoms with Crippen molar-refractivity contribution in [3.05, 3.63) is 64.5 Å². The number of aromatic nitrogens is 5. The summed E-state index contributed by atoms with van der Waals surface area (Å²) in [7, 11) is 0. The topological polar surface area (TPSA) is 106 Å². The molecule has 144 valence electrons. The van der Waals surface area contributed by atoms with Crippen LogP contribution in [-0.4, -0.2) is 36.9 Å². The number of carbonyl (C=O) groups is 1. The van der Waals surface area contributed by atoms with E-state index in [1.54, 1.807) is 35.3 Å². The van der Waals surface area contributed by atoms with E-state index in [4.69, 9.17) is 0 Å². The van der Waals surface area contributed by atoms with Gasteiger partial charge in [0.15, 0.2) is 0 Å². The highest BCUT2D eigenvalue weighted by Gasteiger charge is 2.25. The second-order valence-electron chi connectivity index (χ2n) is 7.15. The summed E-state index contributed by atoms with van der Waals surface area (Å²) in [5.41, 5.74) is 2.85. The Morgan fingerprint density at radius 3 is 2.57 bits per heavy atom. The fourth-order valence-electron chi connectivity index (χ4n) is 3.62. The molecule has 0 atom stereocenters. The first-order valence-electron chi connectivity index (χ1n) is 9.43. The van der Waals surface area contributed by atoms with E-state index < -0.39 is 0 Å². The first kappa shape index (κ1) is 18.1. The minimum Gasteiger partial charge on any atom is -0.348 e. The van der Waals surface area contributed by atoms with Gasteiger partial charge in [-0.1, -0.05) is 0 Å². The maximum Gasteiger partial charge on any atom is 0.271 e. The summed E-state index contributed by atoms with van der Waals surface area (Å²) in [6.07, 6.45) is 6.59. The van der Waals surface area contributed by atoms with Crippen molar-refractivity contribution in [2.24, 2.45) is 0 Å². The van der Waals surface area contributed by atoms with E-state index in [0.717, 1.165) is 42.6 Å². The molecule has 3 heterocycles. The van der Waals surface area contributed by atoms with Gasteiger partial charge in [0.25, 0.3) is 11.5 Å². The summed E-state index contributed by atoms with van der Waals surface area (Å²) in [6, 6.07) is 8.91. The zero-order valence-electron chi connectivity index (χ0n) is 15.6. The number of nitrogens with one attached hydrogen (secondary N) is 2. The zero-order valence-corrected chi connectivity index (χ0v) is 15.6. The van der Waals surface area contributed by atoms with Gasteiger partial charge in [-0.2, -0.15) is 10.2 Å². The van der Waals surface area contributed by atoms with Crippen molar-refractivity contribution in [3.63, 3.8) is 0 Å². The molecule has 3 aromatic heterocycles. The van der Waals surface area contributed by atoms with Gasteiger partial charge in [0.1, 0.15) is 5.69 Å². The summed E-state index contributed by atoms with van der Waals surface area (Å²) in [4.78, 5) is 28.6. The highest BCUT2D eigenvalue weighted by atomic mass is 16.2. The summed E-state index contributed by atoms with van der Waals surface area (Å²) < 4.78 is 1.59. The number of nitrogens with zero attached hydrogens (tertiary/aromatic N) is 4. The third kappa shape index (κ3) is 3.85. The number of carbonyl (C=O) groups excluding carboxylic acids is 1. The Morgan fingerprint density at radius 1 is 1.14 bits per heavy atom. The minimum atomic E-state index is -0.164. The van der Waals surface area contributed by atoms with Crippen LogP contribution in [0.1, 0.15) is 47.9 Å². The summed E-state index contributed by atoms with van der Waals surface area (Å²) in [5.74, 6) is -0.164. The van der Waals surface area contributed by atoms with Crippen molar-refractivity contribution >= 4 is 5.91 Å². The van der Waals surface area contributed by atoms with Crippen LogP contribution in [0.2, 0.25) is 0 Å². The molecule has 1 aliphatic rings. The van der Waals surface area contributed by atoms with Gasteiger partial charge in [0.2, 0.25) is 0 Å². The quantitative estimate of drug-likeness (QED) is 0.724. The van der Waals surface area contributed by atoms with E-state index in [9.17, 15) is 9.59 Å². The number of pyridine rings is 1. The molecule has 3 aromatic rings. The molecule has 8 nitrogen and oxygen atoms in total. The molecule has 1 fully saturated rings. The number of aromatic amines is 1. The van der Waals surface area contributed by atoms with Crippen LogP contribution in [-0.2, 0) is 0 Å². The van der Waals surface area contributed by atoms with Crippen LogP contribution in [0.15, 0.2) is 47.5 Å². The fourth-order valence-corrected chi connectivity index (χ4v) is 3.62. The molecule has 0 aliphatic heterocycles. The fraction of sp³-hybridized carbons (Fsp3) is 0.350. The van der Waals surface area contributed by atoms with Crippen molar-refractivity contribution in [2.75, 3.05) is 0 Å². The van der Waals surface area contributed by atoms with Gasteiger partial charge >= 0.3 is 0 Å². The molecule has 0 radical (unpaired) electrons. The maximum absolute atomic E-state index is 12.4. The normalized spacial score (nSPS) is 19.3. The monoisotopic (exact) mass is 378 g/mol. The molecule has 1 aliphatic carbocycles. The standard InChI is InChI=1S/C20H22N6O2/c1-13-12-18(24-23-13)20(28)22-15-2-4-16(5-3-15)26-19(27)7-6-17(25-26)14-8-10-21-11-9-14/h6-12,15-16H,2-5H2,1H3,(H,22,28)(H,23,24). The van der Waals surface area contributed by atoms with Crippen LogP contribution in [0, 0.1) is 6.92 Å². The Balaban J connectivity index is 1.42. The summed E-state index contributed by atoms with van der Waals surface area (Å²) >= 11 is 0. The second kappa shape index (κ2) is 7.75. The molecule has 0 spiro atoms. The minimum absolute atomic E-state index is 0.0371.